The number of ether oxygens (including phenoxy) is 1. The molecule has 2 aromatic heterocycles. The molecule has 9 heteroatoms. The second kappa shape index (κ2) is 7.88. The van der Waals surface area contributed by atoms with Crippen LogP contribution in [0.4, 0.5) is 4.79 Å². The molecule has 0 radical (unpaired) electrons. The highest BCUT2D eigenvalue weighted by Crippen LogP contribution is 2.18. The summed E-state index contributed by atoms with van der Waals surface area (Å²) in [4.78, 5) is 29.4. The highest BCUT2D eigenvalue weighted by molar-refractivity contribution is 7.14. The number of amides is 3. The topological polar surface area (TPSA) is 79.7 Å². The molecule has 0 saturated carbocycles. The van der Waals surface area contributed by atoms with Crippen molar-refractivity contribution in [2.75, 3.05) is 27.7 Å². The quantitative estimate of drug-likeness (QED) is 0.857. The normalized spacial score (nSPS) is 13.4. The van der Waals surface area contributed by atoms with Gasteiger partial charge in [0, 0.05) is 32.6 Å². The third-order valence-corrected chi connectivity index (χ3v) is 5.16. The Hall–Kier alpha value is -2.39. The number of hydrogen-bond acceptors (Lipinski definition) is 5. The lowest BCUT2D eigenvalue weighted by Gasteiger charge is -2.29. The molecular weight excluding hydrogens is 354 g/mol. The molecule has 0 spiro atoms. The maximum atomic E-state index is 12.3. The molecule has 1 N–H and O–H groups in total. The van der Waals surface area contributed by atoms with Crippen LogP contribution < -0.4 is 5.32 Å². The number of thiophene rings is 1. The number of methoxy groups -OCH3 is 1. The van der Waals surface area contributed by atoms with Crippen molar-refractivity contribution in [1.29, 1.82) is 0 Å². The lowest BCUT2D eigenvalue weighted by atomic mass is 10.3. The smallest absolute Gasteiger partial charge is 0.319 e. The Morgan fingerprint density at radius 1 is 1.35 bits per heavy atom. The van der Waals surface area contributed by atoms with Crippen molar-refractivity contribution in [3.05, 3.63) is 39.3 Å². The molecular formula is C17H23N5O3S. The Bertz CT molecular complexity index is 798. The second-order valence-corrected chi connectivity index (χ2v) is 7.50. The fourth-order valence-corrected chi connectivity index (χ4v) is 3.73. The van der Waals surface area contributed by atoms with E-state index in [0.717, 1.165) is 16.3 Å². The molecule has 140 valence electrons. The molecule has 3 rings (SSSR count). The molecule has 26 heavy (non-hydrogen) atoms. The second-order valence-electron chi connectivity index (χ2n) is 6.33. The van der Waals surface area contributed by atoms with E-state index in [4.69, 9.17) is 4.74 Å². The minimum atomic E-state index is -0.118. The van der Waals surface area contributed by atoms with E-state index in [2.05, 4.69) is 10.4 Å². The van der Waals surface area contributed by atoms with Crippen molar-refractivity contribution in [1.82, 2.24) is 24.9 Å². The molecule has 3 heterocycles. The predicted molar refractivity (Wildman–Crippen MR) is 97.9 cm³/mol. The van der Waals surface area contributed by atoms with Gasteiger partial charge in [-0.1, -0.05) is 0 Å². The number of fused-ring (bicyclic) bond motifs is 1. The predicted octanol–water partition coefficient (Wildman–Crippen LogP) is 1.52. The minimum absolute atomic E-state index is 0.00291. The molecule has 2 aromatic rings. The van der Waals surface area contributed by atoms with Gasteiger partial charge in [-0.3, -0.25) is 9.48 Å². The van der Waals surface area contributed by atoms with Crippen LogP contribution in [0.2, 0.25) is 0 Å². The van der Waals surface area contributed by atoms with E-state index < -0.39 is 0 Å². The number of rotatable bonds is 5. The fraction of sp³-hybridized carbons (Fsp3) is 0.471. The largest absolute Gasteiger partial charge is 0.379 e. The lowest BCUT2D eigenvalue weighted by Crippen LogP contribution is -2.43. The molecule has 0 saturated heterocycles. The maximum absolute atomic E-state index is 12.3. The van der Waals surface area contributed by atoms with Crippen molar-refractivity contribution in [2.45, 2.75) is 26.2 Å². The van der Waals surface area contributed by atoms with Gasteiger partial charge >= 0.3 is 6.03 Å². The summed E-state index contributed by atoms with van der Waals surface area (Å²) in [5.74, 6) is -0.118. The Kier molecular flexibility index (Phi) is 5.58. The van der Waals surface area contributed by atoms with Crippen LogP contribution in [0.5, 0.6) is 0 Å². The first-order chi connectivity index (χ1) is 12.5. The van der Waals surface area contributed by atoms with Crippen molar-refractivity contribution < 1.29 is 14.3 Å². The zero-order chi connectivity index (χ0) is 18.7. The summed E-state index contributed by atoms with van der Waals surface area (Å²) in [6.07, 6.45) is 0. The van der Waals surface area contributed by atoms with Gasteiger partial charge in [-0.05, 0) is 18.2 Å². The van der Waals surface area contributed by atoms with E-state index in [1.165, 1.54) is 11.3 Å². The molecule has 0 aliphatic carbocycles. The fourth-order valence-electron chi connectivity index (χ4n) is 2.84. The molecule has 0 unspecified atom stereocenters. The summed E-state index contributed by atoms with van der Waals surface area (Å²) in [6.45, 7) is 2.69. The molecule has 0 fully saturated rings. The van der Waals surface area contributed by atoms with Crippen LogP contribution in [-0.4, -0.2) is 59.3 Å². The third-order valence-electron chi connectivity index (χ3n) is 4.10. The van der Waals surface area contributed by atoms with Gasteiger partial charge in [-0.15, -0.1) is 11.3 Å². The van der Waals surface area contributed by atoms with Crippen molar-refractivity contribution in [3.63, 3.8) is 0 Å². The Morgan fingerprint density at radius 2 is 2.15 bits per heavy atom. The third kappa shape index (κ3) is 4.05. The van der Waals surface area contributed by atoms with Gasteiger partial charge in [0.05, 0.1) is 42.5 Å². The van der Waals surface area contributed by atoms with Gasteiger partial charge in [0.1, 0.15) is 0 Å². The summed E-state index contributed by atoms with van der Waals surface area (Å²) in [6, 6.07) is 5.64. The summed E-state index contributed by atoms with van der Waals surface area (Å²) < 4.78 is 6.98. The molecule has 0 aromatic carbocycles. The first-order valence-electron chi connectivity index (χ1n) is 8.35. The first-order valence-corrected chi connectivity index (χ1v) is 9.17. The van der Waals surface area contributed by atoms with E-state index in [9.17, 15) is 9.59 Å². The molecule has 1 aliphatic rings. The molecule has 3 amide bonds. The molecule has 0 atom stereocenters. The molecule has 1 aliphatic heterocycles. The number of aromatic nitrogens is 2. The number of urea groups is 1. The van der Waals surface area contributed by atoms with Gasteiger partial charge in [0.15, 0.2) is 0 Å². The lowest BCUT2D eigenvalue weighted by molar-refractivity contribution is 0.0954. The van der Waals surface area contributed by atoms with Crippen LogP contribution in [0.3, 0.4) is 0 Å². The number of nitrogens with one attached hydrogen (secondary N) is 1. The zero-order valence-electron chi connectivity index (χ0n) is 15.2. The van der Waals surface area contributed by atoms with Crippen LogP contribution in [-0.2, 0) is 31.0 Å². The summed E-state index contributed by atoms with van der Waals surface area (Å²) >= 11 is 1.42. The number of hydrogen-bond donors (Lipinski definition) is 1. The van der Waals surface area contributed by atoms with Crippen LogP contribution in [0.15, 0.2) is 18.2 Å². The highest BCUT2D eigenvalue weighted by atomic mass is 32.1. The van der Waals surface area contributed by atoms with Gasteiger partial charge in [0.2, 0.25) is 0 Å². The standard InChI is InChI=1S/C17H23N5O3S/c1-20(2)17(24)21-6-7-22-13(10-21)8-12(19-22)9-18-16(23)15-5-4-14(26-15)11-25-3/h4-5,8H,6-7,9-11H2,1-3H3,(H,18,23). The minimum Gasteiger partial charge on any atom is -0.379 e. The van der Waals surface area contributed by atoms with Gasteiger partial charge in [-0.25, -0.2) is 4.79 Å². The summed E-state index contributed by atoms with van der Waals surface area (Å²) in [5.41, 5.74) is 1.77. The Morgan fingerprint density at radius 3 is 2.88 bits per heavy atom. The van der Waals surface area contributed by atoms with E-state index in [-0.39, 0.29) is 11.9 Å². The summed E-state index contributed by atoms with van der Waals surface area (Å²) in [7, 11) is 5.13. The highest BCUT2D eigenvalue weighted by Gasteiger charge is 2.23. The monoisotopic (exact) mass is 377 g/mol. The van der Waals surface area contributed by atoms with E-state index in [0.29, 0.717) is 37.7 Å². The van der Waals surface area contributed by atoms with Crippen molar-refractivity contribution in [3.8, 4) is 0 Å². The zero-order valence-corrected chi connectivity index (χ0v) is 16.0. The Labute approximate surface area is 156 Å². The van der Waals surface area contributed by atoms with E-state index >= 15 is 0 Å². The average Bonchev–Trinajstić information content (AvgIpc) is 3.25. The van der Waals surface area contributed by atoms with Crippen molar-refractivity contribution in [2.24, 2.45) is 0 Å². The van der Waals surface area contributed by atoms with Crippen LogP contribution >= 0.6 is 11.3 Å². The van der Waals surface area contributed by atoms with Crippen LogP contribution in [0.1, 0.15) is 25.9 Å². The van der Waals surface area contributed by atoms with Gasteiger partial charge < -0.3 is 19.9 Å². The van der Waals surface area contributed by atoms with Crippen LogP contribution in [0.25, 0.3) is 0 Å². The maximum Gasteiger partial charge on any atom is 0.319 e. The van der Waals surface area contributed by atoms with E-state index in [1.807, 2.05) is 16.8 Å². The molecule has 0 bridgehead atoms. The van der Waals surface area contributed by atoms with Gasteiger partial charge in [0.25, 0.3) is 5.91 Å². The first kappa shape index (κ1) is 18.4. The number of carbonyl (C=O) groups excluding carboxylic acids is 2. The SMILES string of the molecule is COCc1ccc(C(=O)NCc2cc3n(n2)CCN(C(=O)N(C)C)C3)s1. The summed E-state index contributed by atoms with van der Waals surface area (Å²) in [5, 5.41) is 7.42. The van der Waals surface area contributed by atoms with E-state index in [1.54, 1.807) is 37.1 Å². The Balaban J connectivity index is 1.58. The van der Waals surface area contributed by atoms with Crippen molar-refractivity contribution >= 4 is 23.3 Å². The average molecular weight is 377 g/mol. The van der Waals surface area contributed by atoms with Crippen LogP contribution in [0, 0.1) is 0 Å². The molecule has 8 nitrogen and oxygen atoms in total. The van der Waals surface area contributed by atoms with Gasteiger partial charge in [-0.2, -0.15) is 5.10 Å². The number of nitrogens with zero attached hydrogens (tertiary/aromatic N) is 4. The number of carbonyl (C=O) groups is 2.